The van der Waals surface area contributed by atoms with Crippen molar-refractivity contribution in [3.05, 3.63) is 36.7 Å². The van der Waals surface area contributed by atoms with Gasteiger partial charge in [0.25, 0.3) is 0 Å². The van der Waals surface area contributed by atoms with Crippen molar-refractivity contribution in [2.24, 2.45) is 5.41 Å². The van der Waals surface area contributed by atoms with Crippen LogP contribution in [0.1, 0.15) is 19.8 Å². The number of ether oxygens (including phenoxy) is 2. The molecule has 0 bridgehead atoms. The number of pyridine rings is 2. The zero-order valence-electron chi connectivity index (χ0n) is 18.2. The van der Waals surface area contributed by atoms with Gasteiger partial charge in [-0.25, -0.2) is 19.6 Å². The molecule has 11 heteroatoms. The Kier molecular flexibility index (Phi) is 7.21. The number of amides is 5. The summed E-state index contributed by atoms with van der Waals surface area (Å²) in [6.07, 6.45) is 4.05. The van der Waals surface area contributed by atoms with Gasteiger partial charge in [0.05, 0.1) is 11.6 Å². The van der Waals surface area contributed by atoms with E-state index in [1.807, 2.05) is 6.92 Å². The molecule has 0 atom stereocenters. The maximum absolute atomic E-state index is 12.4. The first kappa shape index (κ1) is 22.9. The Balaban J connectivity index is 1.54. The number of anilines is 2. The molecule has 3 N–H and O–H groups in total. The summed E-state index contributed by atoms with van der Waals surface area (Å²) in [5.74, 6) is 1.12. The number of hydrogen-bond acceptors (Lipinski definition) is 7. The van der Waals surface area contributed by atoms with Crippen LogP contribution in [0.15, 0.2) is 36.7 Å². The molecule has 0 saturated carbocycles. The second-order valence-corrected chi connectivity index (χ2v) is 7.76. The smallest absolute Gasteiger partial charge is 0.327 e. The molecule has 1 aliphatic rings. The Morgan fingerprint density at radius 1 is 1.03 bits per heavy atom. The van der Waals surface area contributed by atoms with Crippen molar-refractivity contribution in [1.82, 2.24) is 20.2 Å². The fourth-order valence-corrected chi connectivity index (χ4v) is 2.87. The van der Waals surface area contributed by atoms with E-state index in [4.69, 9.17) is 9.47 Å². The Bertz CT molecular complexity index is 973. The Morgan fingerprint density at radius 2 is 1.78 bits per heavy atom. The Morgan fingerprint density at radius 3 is 2.44 bits per heavy atom. The van der Waals surface area contributed by atoms with E-state index in [9.17, 15) is 14.4 Å². The lowest BCUT2D eigenvalue weighted by atomic mass is 9.81. The minimum absolute atomic E-state index is 0.258. The molecular weight excluding hydrogens is 416 g/mol. The van der Waals surface area contributed by atoms with Gasteiger partial charge in [-0.1, -0.05) is 6.92 Å². The fraction of sp³-hybridized carbons (Fsp3) is 0.381. The predicted molar refractivity (Wildman–Crippen MR) is 117 cm³/mol. The molecule has 2 aromatic rings. The number of nitrogens with one attached hydrogen (secondary N) is 3. The van der Waals surface area contributed by atoms with Gasteiger partial charge < -0.3 is 14.4 Å². The summed E-state index contributed by atoms with van der Waals surface area (Å²) in [6, 6.07) is 5.40. The van der Waals surface area contributed by atoms with Crippen LogP contribution in [0.5, 0.6) is 11.5 Å². The third-order valence-electron chi connectivity index (χ3n) is 4.96. The average molecular weight is 442 g/mol. The lowest BCUT2D eigenvalue weighted by Crippen LogP contribution is -2.46. The number of hydrogen-bond donors (Lipinski definition) is 3. The molecule has 2 aromatic heterocycles. The molecule has 11 nitrogen and oxygen atoms in total. The van der Waals surface area contributed by atoms with Crippen molar-refractivity contribution < 1.29 is 23.9 Å². The lowest BCUT2D eigenvalue weighted by Gasteiger charge is -2.31. The van der Waals surface area contributed by atoms with Crippen LogP contribution in [0.25, 0.3) is 0 Å². The van der Waals surface area contributed by atoms with Gasteiger partial charge in [-0.3, -0.25) is 20.7 Å². The molecule has 170 valence electrons. The van der Waals surface area contributed by atoms with Gasteiger partial charge in [0.1, 0.15) is 23.1 Å². The third-order valence-corrected chi connectivity index (χ3v) is 4.96. The lowest BCUT2D eigenvalue weighted by molar-refractivity contribution is -0.133. The highest BCUT2D eigenvalue weighted by atomic mass is 16.5. The van der Waals surface area contributed by atoms with Crippen LogP contribution in [0, 0.1) is 5.41 Å². The molecule has 0 radical (unpaired) electrons. The molecule has 1 saturated heterocycles. The highest BCUT2D eigenvalue weighted by Gasteiger charge is 2.36. The van der Waals surface area contributed by atoms with Crippen molar-refractivity contribution in [1.29, 1.82) is 0 Å². The van der Waals surface area contributed by atoms with E-state index in [0.717, 1.165) is 0 Å². The van der Waals surface area contributed by atoms with Crippen LogP contribution in [0.2, 0.25) is 0 Å². The predicted octanol–water partition coefficient (Wildman–Crippen LogP) is 2.83. The van der Waals surface area contributed by atoms with Gasteiger partial charge in [0, 0.05) is 39.6 Å². The molecule has 5 amide bonds. The van der Waals surface area contributed by atoms with E-state index >= 15 is 0 Å². The van der Waals surface area contributed by atoms with Crippen LogP contribution in [-0.4, -0.2) is 60.1 Å². The van der Waals surface area contributed by atoms with E-state index in [-0.39, 0.29) is 17.8 Å². The molecule has 0 aliphatic carbocycles. The number of rotatable bonds is 5. The van der Waals surface area contributed by atoms with Crippen molar-refractivity contribution in [3.63, 3.8) is 0 Å². The van der Waals surface area contributed by atoms with E-state index < -0.39 is 11.4 Å². The maximum Gasteiger partial charge on any atom is 0.327 e. The standard InChI is InChI=1S/C21H26N6O5/c1-21(7-10-31-11-8-21)18(28)26-19(29)24-16-5-4-15(13-23-16)32-14-6-9-22-17(12-14)25-20(30)27(2)3/h4-6,9,12-13H,7-8,10-11H2,1-3H3,(H,22,25,30)(H2,23,24,26,28,29). The van der Waals surface area contributed by atoms with Crippen molar-refractivity contribution in [2.75, 3.05) is 37.9 Å². The minimum Gasteiger partial charge on any atom is -0.456 e. The first-order valence-corrected chi connectivity index (χ1v) is 10.0. The summed E-state index contributed by atoms with van der Waals surface area (Å²) in [6.45, 7) is 2.81. The number of carbonyl (C=O) groups is 3. The van der Waals surface area contributed by atoms with Gasteiger partial charge in [0.15, 0.2) is 0 Å². The average Bonchev–Trinajstić information content (AvgIpc) is 2.76. The topological polar surface area (TPSA) is 135 Å². The SMILES string of the molecule is CN(C)C(=O)Nc1cc(Oc2ccc(NC(=O)NC(=O)C3(C)CCOCC3)nc2)ccn1. The number of nitrogens with zero attached hydrogens (tertiary/aromatic N) is 3. The van der Waals surface area contributed by atoms with E-state index in [1.165, 1.54) is 17.3 Å². The summed E-state index contributed by atoms with van der Waals surface area (Å²) in [4.78, 5) is 45.9. The van der Waals surface area contributed by atoms with Gasteiger partial charge >= 0.3 is 12.1 Å². The summed E-state index contributed by atoms with van der Waals surface area (Å²) in [5, 5.41) is 7.52. The third kappa shape index (κ3) is 6.14. The zero-order valence-corrected chi connectivity index (χ0v) is 18.2. The minimum atomic E-state index is -0.653. The van der Waals surface area contributed by atoms with Crippen LogP contribution in [-0.2, 0) is 9.53 Å². The zero-order chi connectivity index (χ0) is 23.1. The van der Waals surface area contributed by atoms with Crippen LogP contribution < -0.4 is 20.7 Å². The van der Waals surface area contributed by atoms with Gasteiger partial charge in [-0.2, -0.15) is 0 Å². The summed E-state index contributed by atoms with van der Waals surface area (Å²) in [5.41, 5.74) is -0.629. The van der Waals surface area contributed by atoms with E-state index in [2.05, 4.69) is 25.9 Å². The molecule has 0 unspecified atom stereocenters. The van der Waals surface area contributed by atoms with Gasteiger partial charge in [-0.05, 0) is 31.0 Å². The number of aromatic nitrogens is 2. The van der Waals surface area contributed by atoms with Crippen molar-refractivity contribution >= 4 is 29.6 Å². The largest absolute Gasteiger partial charge is 0.456 e. The molecule has 1 aliphatic heterocycles. The number of urea groups is 2. The summed E-state index contributed by atoms with van der Waals surface area (Å²) < 4.78 is 11.0. The fourth-order valence-electron chi connectivity index (χ4n) is 2.87. The Hall–Kier alpha value is -3.73. The molecule has 0 spiro atoms. The van der Waals surface area contributed by atoms with Gasteiger partial charge in [-0.15, -0.1) is 0 Å². The van der Waals surface area contributed by atoms with Crippen LogP contribution >= 0.6 is 0 Å². The van der Waals surface area contributed by atoms with Crippen LogP contribution in [0.3, 0.4) is 0 Å². The van der Waals surface area contributed by atoms with E-state index in [0.29, 0.717) is 43.4 Å². The van der Waals surface area contributed by atoms with Crippen molar-refractivity contribution in [3.8, 4) is 11.5 Å². The molecular formula is C21H26N6O5. The summed E-state index contributed by atoms with van der Waals surface area (Å²) in [7, 11) is 3.25. The van der Waals surface area contributed by atoms with Crippen molar-refractivity contribution in [2.45, 2.75) is 19.8 Å². The molecule has 3 heterocycles. The van der Waals surface area contributed by atoms with E-state index in [1.54, 1.807) is 38.4 Å². The molecule has 3 rings (SSSR count). The maximum atomic E-state index is 12.4. The Labute approximate surface area is 185 Å². The second-order valence-electron chi connectivity index (χ2n) is 7.76. The highest BCUT2D eigenvalue weighted by Crippen LogP contribution is 2.29. The first-order chi connectivity index (χ1) is 15.2. The summed E-state index contributed by atoms with van der Waals surface area (Å²) >= 11 is 0. The molecule has 32 heavy (non-hydrogen) atoms. The van der Waals surface area contributed by atoms with Crippen LogP contribution in [0.4, 0.5) is 21.2 Å². The quantitative estimate of drug-likeness (QED) is 0.648. The monoisotopic (exact) mass is 442 g/mol. The molecule has 1 fully saturated rings. The number of carbonyl (C=O) groups excluding carboxylic acids is 3. The number of imide groups is 1. The van der Waals surface area contributed by atoms with Gasteiger partial charge in [0.2, 0.25) is 5.91 Å². The molecule has 0 aromatic carbocycles. The highest BCUT2D eigenvalue weighted by molar-refractivity contribution is 6.02. The first-order valence-electron chi connectivity index (χ1n) is 10.0. The second kappa shape index (κ2) is 10.1. The normalized spacial score (nSPS) is 14.7.